The highest BCUT2D eigenvalue weighted by atomic mass is 16.3. The second kappa shape index (κ2) is 8.94. The number of anilines is 4. The molecule has 0 atom stereocenters. The molecule has 0 aliphatic carbocycles. The Morgan fingerprint density at radius 1 is 0.968 bits per heavy atom. The van der Waals surface area contributed by atoms with E-state index in [-0.39, 0.29) is 6.61 Å². The number of hydrogen-bond donors (Lipinski definition) is 3. The predicted molar refractivity (Wildman–Crippen MR) is 120 cm³/mol. The van der Waals surface area contributed by atoms with Crippen LogP contribution >= 0.6 is 0 Å². The smallest absolute Gasteiger partial charge is 0.229 e. The van der Waals surface area contributed by atoms with Crippen LogP contribution in [0.2, 0.25) is 0 Å². The van der Waals surface area contributed by atoms with Crippen LogP contribution in [-0.4, -0.2) is 69.5 Å². The van der Waals surface area contributed by atoms with Crippen LogP contribution in [0.25, 0.3) is 10.9 Å². The molecule has 162 valence electrons. The zero-order chi connectivity index (χ0) is 21.0. The lowest BCUT2D eigenvalue weighted by atomic mass is 10.1. The summed E-state index contributed by atoms with van der Waals surface area (Å²) in [5.74, 6) is 2.73. The minimum Gasteiger partial charge on any atom is -0.390 e. The lowest BCUT2D eigenvalue weighted by Crippen LogP contribution is -2.43. The number of nitrogens with zero attached hydrogens (tertiary/aromatic N) is 7. The Hall–Kier alpha value is -3.11. The van der Waals surface area contributed by atoms with Gasteiger partial charge < -0.3 is 25.5 Å². The number of fused-ring (bicyclic) bond motifs is 1. The molecule has 10 heteroatoms. The van der Waals surface area contributed by atoms with Gasteiger partial charge in [0.05, 0.1) is 12.3 Å². The average Bonchev–Trinajstić information content (AvgIpc) is 2.85. The summed E-state index contributed by atoms with van der Waals surface area (Å²) in [6.07, 6.45) is 5.27. The van der Waals surface area contributed by atoms with Gasteiger partial charge in [0, 0.05) is 50.9 Å². The van der Waals surface area contributed by atoms with E-state index in [0.29, 0.717) is 17.5 Å². The maximum absolute atomic E-state index is 9.63. The topological polar surface area (TPSA) is 115 Å². The molecule has 0 spiro atoms. The number of pyridine rings is 1. The van der Waals surface area contributed by atoms with Gasteiger partial charge >= 0.3 is 0 Å². The molecule has 0 radical (unpaired) electrons. The maximum Gasteiger partial charge on any atom is 0.229 e. The Morgan fingerprint density at radius 3 is 2.55 bits per heavy atom. The number of piperazine rings is 1. The highest BCUT2D eigenvalue weighted by molar-refractivity contribution is 5.89. The quantitative estimate of drug-likeness (QED) is 0.559. The first-order chi connectivity index (χ1) is 15.3. The minimum absolute atomic E-state index is 0.105. The molecule has 0 aromatic carbocycles. The maximum atomic E-state index is 9.63. The van der Waals surface area contributed by atoms with Crippen LogP contribution < -0.4 is 20.4 Å². The standard InChI is InChI=1S/C21H27N9O/c31-14-16-12-15-13-23-21(26-19(15)20(24-16)30-8-2-1-3-9-30)25-17-4-5-18(28-27-17)29-10-6-22-7-11-29/h4-5,12-13,22,31H,1-3,6-11,14H2,(H,23,25,26,27). The Balaban J connectivity index is 1.41. The van der Waals surface area contributed by atoms with Gasteiger partial charge in [0.25, 0.3) is 0 Å². The fourth-order valence-electron chi connectivity index (χ4n) is 4.11. The van der Waals surface area contributed by atoms with Gasteiger partial charge in [-0.15, -0.1) is 10.2 Å². The van der Waals surface area contributed by atoms with Gasteiger partial charge in [-0.3, -0.25) is 0 Å². The first kappa shape index (κ1) is 19.8. The first-order valence-electron chi connectivity index (χ1n) is 10.9. The van der Waals surface area contributed by atoms with Gasteiger partial charge in [0.2, 0.25) is 5.95 Å². The van der Waals surface area contributed by atoms with E-state index in [4.69, 9.17) is 4.98 Å². The third-order valence-electron chi connectivity index (χ3n) is 5.75. The van der Waals surface area contributed by atoms with Crippen LogP contribution in [0.15, 0.2) is 24.4 Å². The molecule has 5 rings (SSSR count). The molecule has 2 aliphatic heterocycles. The van der Waals surface area contributed by atoms with E-state index in [1.54, 1.807) is 6.20 Å². The molecule has 2 aliphatic rings. The van der Waals surface area contributed by atoms with Crippen LogP contribution in [-0.2, 0) is 6.61 Å². The number of aromatic nitrogens is 5. The lowest BCUT2D eigenvalue weighted by Gasteiger charge is -2.28. The zero-order valence-electron chi connectivity index (χ0n) is 17.5. The van der Waals surface area contributed by atoms with E-state index >= 15 is 0 Å². The molecule has 0 bridgehead atoms. The van der Waals surface area contributed by atoms with Crippen molar-refractivity contribution >= 4 is 34.3 Å². The van der Waals surface area contributed by atoms with Gasteiger partial charge in [0.15, 0.2) is 17.5 Å². The molecule has 0 amide bonds. The minimum atomic E-state index is -0.105. The van der Waals surface area contributed by atoms with Gasteiger partial charge in [-0.1, -0.05) is 0 Å². The summed E-state index contributed by atoms with van der Waals surface area (Å²) in [5, 5.41) is 25.7. The van der Waals surface area contributed by atoms with Crippen molar-refractivity contribution in [2.24, 2.45) is 0 Å². The number of aliphatic hydroxyl groups is 1. The molecule has 3 aromatic heterocycles. The fraction of sp³-hybridized carbons (Fsp3) is 0.476. The summed E-state index contributed by atoms with van der Waals surface area (Å²) >= 11 is 0. The SMILES string of the molecule is OCc1cc2cnc(Nc3ccc(N4CCNCC4)nn3)nc2c(N2CCCCC2)n1. The Bertz CT molecular complexity index is 1030. The van der Waals surface area contributed by atoms with Crippen molar-refractivity contribution in [3.63, 3.8) is 0 Å². The Kier molecular flexibility index (Phi) is 5.72. The number of hydrogen-bond acceptors (Lipinski definition) is 10. The summed E-state index contributed by atoms with van der Waals surface area (Å²) in [5.41, 5.74) is 1.41. The molecule has 0 unspecified atom stereocenters. The lowest BCUT2D eigenvalue weighted by molar-refractivity contribution is 0.277. The van der Waals surface area contributed by atoms with Gasteiger partial charge in [-0.2, -0.15) is 0 Å². The van der Waals surface area contributed by atoms with Crippen LogP contribution in [0, 0.1) is 0 Å². The highest BCUT2D eigenvalue weighted by Gasteiger charge is 2.18. The normalized spacial score (nSPS) is 17.2. The second-order valence-electron chi connectivity index (χ2n) is 7.91. The Morgan fingerprint density at radius 2 is 1.81 bits per heavy atom. The summed E-state index contributed by atoms with van der Waals surface area (Å²) in [7, 11) is 0. The molecule has 2 fully saturated rings. The van der Waals surface area contributed by atoms with Crippen molar-refractivity contribution in [1.29, 1.82) is 0 Å². The van der Waals surface area contributed by atoms with Gasteiger partial charge in [0.1, 0.15) is 5.52 Å². The van der Waals surface area contributed by atoms with Crippen molar-refractivity contribution in [3.05, 3.63) is 30.1 Å². The number of piperidine rings is 1. The summed E-state index contributed by atoms with van der Waals surface area (Å²) in [6, 6.07) is 5.71. The van der Waals surface area contributed by atoms with Gasteiger partial charge in [-0.25, -0.2) is 15.0 Å². The predicted octanol–water partition coefficient (Wildman–Crippen LogP) is 1.45. The Labute approximate surface area is 180 Å². The van der Waals surface area contributed by atoms with E-state index in [2.05, 4.69) is 40.6 Å². The van der Waals surface area contributed by atoms with Crippen LogP contribution in [0.1, 0.15) is 25.0 Å². The average molecular weight is 422 g/mol. The van der Waals surface area contributed by atoms with E-state index in [0.717, 1.165) is 74.6 Å². The van der Waals surface area contributed by atoms with Crippen LogP contribution in [0.5, 0.6) is 0 Å². The van der Waals surface area contributed by atoms with Crippen molar-refractivity contribution in [3.8, 4) is 0 Å². The van der Waals surface area contributed by atoms with Gasteiger partial charge in [-0.05, 0) is 37.5 Å². The summed E-state index contributed by atoms with van der Waals surface area (Å²) in [4.78, 5) is 18.3. The van der Waals surface area contributed by atoms with Crippen molar-refractivity contribution in [2.75, 3.05) is 54.4 Å². The molecule has 3 aromatic rings. The molecule has 3 N–H and O–H groups in total. The van der Waals surface area contributed by atoms with Crippen LogP contribution in [0.4, 0.5) is 23.4 Å². The van der Waals surface area contributed by atoms with E-state index in [1.807, 2.05) is 18.2 Å². The van der Waals surface area contributed by atoms with Crippen LogP contribution in [0.3, 0.4) is 0 Å². The second-order valence-corrected chi connectivity index (χ2v) is 7.91. The van der Waals surface area contributed by atoms with E-state index < -0.39 is 0 Å². The zero-order valence-corrected chi connectivity index (χ0v) is 17.5. The molecule has 5 heterocycles. The third kappa shape index (κ3) is 4.35. The van der Waals surface area contributed by atoms with Crippen molar-refractivity contribution < 1.29 is 5.11 Å². The van der Waals surface area contributed by atoms with E-state index in [9.17, 15) is 5.11 Å². The fourth-order valence-corrected chi connectivity index (χ4v) is 4.11. The van der Waals surface area contributed by atoms with Crippen molar-refractivity contribution in [1.82, 2.24) is 30.5 Å². The summed E-state index contributed by atoms with van der Waals surface area (Å²) in [6.45, 7) is 5.56. The number of nitrogens with one attached hydrogen (secondary N) is 2. The summed E-state index contributed by atoms with van der Waals surface area (Å²) < 4.78 is 0. The molecule has 0 saturated carbocycles. The monoisotopic (exact) mass is 421 g/mol. The molecule has 2 saturated heterocycles. The first-order valence-corrected chi connectivity index (χ1v) is 10.9. The van der Waals surface area contributed by atoms with E-state index in [1.165, 1.54) is 6.42 Å². The molecule has 31 heavy (non-hydrogen) atoms. The molecule has 10 nitrogen and oxygen atoms in total. The highest BCUT2D eigenvalue weighted by Crippen LogP contribution is 2.28. The van der Waals surface area contributed by atoms with Crippen molar-refractivity contribution in [2.45, 2.75) is 25.9 Å². The molecular formula is C21H27N9O. The third-order valence-corrected chi connectivity index (χ3v) is 5.75. The number of aliphatic hydroxyl groups excluding tert-OH is 1. The largest absolute Gasteiger partial charge is 0.390 e. The molecular weight excluding hydrogens is 394 g/mol. The number of rotatable bonds is 5.